The summed E-state index contributed by atoms with van der Waals surface area (Å²) in [6.07, 6.45) is 5.92. The minimum absolute atomic E-state index is 0.0463. The van der Waals surface area contributed by atoms with Crippen molar-refractivity contribution in [3.63, 3.8) is 0 Å². The maximum absolute atomic E-state index is 11.6. The van der Waals surface area contributed by atoms with E-state index < -0.39 is 0 Å². The zero-order valence-electron chi connectivity index (χ0n) is 8.83. The molecule has 3 unspecified atom stereocenters. The van der Waals surface area contributed by atoms with E-state index in [1.807, 2.05) is 6.92 Å². The highest BCUT2D eigenvalue weighted by atomic mass is 16.2. The fourth-order valence-corrected chi connectivity index (χ4v) is 2.90. The average Bonchev–Trinajstić information content (AvgIpc) is 2.77. The maximum atomic E-state index is 11.6. The maximum Gasteiger partial charge on any atom is 0.237 e. The van der Waals surface area contributed by atoms with E-state index in [0.29, 0.717) is 6.04 Å². The molecular weight excluding hydrogens is 176 g/mol. The van der Waals surface area contributed by atoms with Crippen molar-refractivity contribution >= 4 is 5.91 Å². The van der Waals surface area contributed by atoms with Crippen molar-refractivity contribution in [2.45, 2.75) is 51.1 Å². The summed E-state index contributed by atoms with van der Waals surface area (Å²) in [5.41, 5.74) is 5.68. The highest BCUT2D eigenvalue weighted by Gasteiger charge is 2.40. The number of hydrogen-bond donors (Lipinski definition) is 2. The second-order valence-corrected chi connectivity index (χ2v) is 4.80. The van der Waals surface area contributed by atoms with Gasteiger partial charge in [-0.05, 0) is 37.5 Å². The van der Waals surface area contributed by atoms with Gasteiger partial charge >= 0.3 is 0 Å². The van der Waals surface area contributed by atoms with Crippen LogP contribution in [-0.2, 0) is 4.79 Å². The van der Waals surface area contributed by atoms with Crippen LogP contribution in [0.2, 0.25) is 0 Å². The smallest absolute Gasteiger partial charge is 0.237 e. The van der Waals surface area contributed by atoms with Gasteiger partial charge in [0.2, 0.25) is 5.91 Å². The Morgan fingerprint density at radius 2 is 2.29 bits per heavy atom. The van der Waals surface area contributed by atoms with E-state index in [0.717, 1.165) is 18.3 Å². The van der Waals surface area contributed by atoms with Gasteiger partial charge in [-0.2, -0.15) is 0 Å². The van der Waals surface area contributed by atoms with Gasteiger partial charge < -0.3 is 11.1 Å². The first kappa shape index (κ1) is 9.97. The number of rotatable bonds is 3. The normalized spacial score (nSPS) is 37.1. The van der Waals surface area contributed by atoms with E-state index in [1.54, 1.807) is 0 Å². The quantitative estimate of drug-likeness (QED) is 0.708. The summed E-state index contributed by atoms with van der Waals surface area (Å²) >= 11 is 0. The topological polar surface area (TPSA) is 55.1 Å². The van der Waals surface area contributed by atoms with E-state index in [9.17, 15) is 4.79 Å². The highest BCUT2D eigenvalue weighted by Crippen LogP contribution is 2.44. The van der Waals surface area contributed by atoms with Gasteiger partial charge in [0.25, 0.3) is 0 Å². The molecule has 14 heavy (non-hydrogen) atoms. The van der Waals surface area contributed by atoms with Crippen molar-refractivity contribution < 1.29 is 4.79 Å². The summed E-state index contributed by atoms with van der Waals surface area (Å²) in [5.74, 6) is 1.67. The fourth-order valence-electron chi connectivity index (χ4n) is 2.90. The lowest BCUT2D eigenvalue weighted by molar-refractivity contribution is -0.123. The van der Waals surface area contributed by atoms with Gasteiger partial charge in [-0.25, -0.2) is 0 Å². The fraction of sp³-hybridized carbons (Fsp3) is 0.909. The monoisotopic (exact) mass is 196 g/mol. The zero-order chi connectivity index (χ0) is 10.1. The number of carbonyl (C=O) groups excluding carboxylic acids is 1. The van der Waals surface area contributed by atoms with Crippen LogP contribution in [0.15, 0.2) is 0 Å². The predicted octanol–water partition coefficient (Wildman–Crippen LogP) is 1.03. The van der Waals surface area contributed by atoms with E-state index in [1.165, 1.54) is 25.7 Å². The SMILES string of the molecule is CC[C@H](N)C(=O)NC1CC2CCC1C2. The second kappa shape index (κ2) is 3.89. The summed E-state index contributed by atoms with van der Waals surface area (Å²) < 4.78 is 0. The van der Waals surface area contributed by atoms with Crippen LogP contribution in [0.1, 0.15) is 39.0 Å². The molecule has 0 heterocycles. The van der Waals surface area contributed by atoms with Gasteiger partial charge in [0.15, 0.2) is 0 Å². The third kappa shape index (κ3) is 1.78. The van der Waals surface area contributed by atoms with Crippen molar-refractivity contribution in [2.75, 3.05) is 0 Å². The molecule has 0 radical (unpaired) electrons. The van der Waals surface area contributed by atoms with Crippen molar-refractivity contribution in [2.24, 2.45) is 17.6 Å². The van der Waals surface area contributed by atoms with Gasteiger partial charge in [-0.1, -0.05) is 13.3 Å². The lowest BCUT2D eigenvalue weighted by Crippen LogP contribution is -2.46. The van der Waals surface area contributed by atoms with Crippen molar-refractivity contribution in [1.82, 2.24) is 5.32 Å². The van der Waals surface area contributed by atoms with Crippen LogP contribution in [0.3, 0.4) is 0 Å². The van der Waals surface area contributed by atoms with Gasteiger partial charge in [-0.3, -0.25) is 4.79 Å². The Kier molecular flexibility index (Phi) is 2.77. The molecular formula is C11H20N2O. The minimum Gasteiger partial charge on any atom is -0.352 e. The van der Waals surface area contributed by atoms with Crippen LogP contribution in [0, 0.1) is 11.8 Å². The summed E-state index contributed by atoms with van der Waals surface area (Å²) in [5, 5.41) is 3.10. The molecule has 0 aliphatic heterocycles. The highest BCUT2D eigenvalue weighted by molar-refractivity contribution is 5.81. The number of nitrogens with one attached hydrogen (secondary N) is 1. The Hall–Kier alpha value is -0.570. The summed E-state index contributed by atoms with van der Waals surface area (Å²) in [6, 6.07) is 0.118. The van der Waals surface area contributed by atoms with Crippen LogP contribution < -0.4 is 11.1 Å². The van der Waals surface area contributed by atoms with Gasteiger partial charge in [0.05, 0.1) is 6.04 Å². The summed E-state index contributed by atoms with van der Waals surface area (Å²) in [7, 11) is 0. The summed E-state index contributed by atoms with van der Waals surface area (Å²) in [6.45, 7) is 1.95. The largest absolute Gasteiger partial charge is 0.352 e. The van der Waals surface area contributed by atoms with E-state index in [2.05, 4.69) is 5.32 Å². The van der Waals surface area contributed by atoms with Crippen molar-refractivity contribution in [3.8, 4) is 0 Å². The van der Waals surface area contributed by atoms with Crippen molar-refractivity contribution in [1.29, 1.82) is 0 Å². The number of carbonyl (C=O) groups is 1. The number of nitrogens with two attached hydrogens (primary N) is 1. The first-order chi connectivity index (χ1) is 6.70. The molecule has 4 atom stereocenters. The van der Waals surface area contributed by atoms with Gasteiger partial charge in [-0.15, -0.1) is 0 Å². The van der Waals surface area contributed by atoms with E-state index in [-0.39, 0.29) is 11.9 Å². The average molecular weight is 196 g/mol. The molecule has 2 saturated carbocycles. The van der Waals surface area contributed by atoms with E-state index >= 15 is 0 Å². The molecule has 3 nitrogen and oxygen atoms in total. The molecule has 2 bridgehead atoms. The molecule has 0 aromatic rings. The van der Waals surface area contributed by atoms with Gasteiger partial charge in [0.1, 0.15) is 0 Å². The molecule has 3 heteroatoms. The van der Waals surface area contributed by atoms with Crippen LogP contribution in [0.25, 0.3) is 0 Å². The van der Waals surface area contributed by atoms with Crippen LogP contribution in [-0.4, -0.2) is 18.0 Å². The lowest BCUT2D eigenvalue weighted by atomic mass is 9.95. The molecule has 0 spiro atoms. The van der Waals surface area contributed by atoms with Crippen LogP contribution in [0.4, 0.5) is 0 Å². The molecule has 2 fully saturated rings. The second-order valence-electron chi connectivity index (χ2n) is 4.80. The molecule has 0 saturated heterocycles. The molecule has 2 rings (SSSR count). The standard InChI is InChI=1S/C11H20N2O/c1-2-9(12)11(14)13-10-6-7-3-4-8(10)5-7/h7-10H,2-6,12H2,1H3,(H,13,14)/t7?,8?,9-,10?/m0/s1. The Morgan fingerprint density at radius 3 is 2.79 bits per heavy atom. The molecule has 0 aromatic carbocycles. The number of hydrogen-bond acceptors (Lipinski definition) is 2. The number of fused-ring (bicyclic) bond motifs is 2. The Morgan fingerprint density at radius 1 is 1.50 bits per heavy atom. The molecule has 1 amide bonds. The Bertz CT molecular complexity index is 229. The molecule has 2 aliphatic carbocycles. The summed E-state index contributed by atoms with van der Waals surface area (Å²) in [4.78, 5) is 11.6. The third-order valence-corrected chi connectivity index (χ3v) is 3.84. The molecule has 3 N–H and O–H groups in total. The van der Waals surface area contributed by atoms with E-state index in [4.69, 9.17) is 5.73 Å². The third-order valence-electron chi connectivity index (χ3n) is 3.84. The molecule has 2 aliphatic rings. The first-order valence-electron chi connectivity index (χ1n) is 5.76. The lowest BCUT2D eigenvalue weighted by Gasteiger charge is -2.24. The number of amides is 1. The van der Waals surface area contributed by atoms with Crippen LogP contribution >= 0.6 is 0 Å². The molecule has 0 aromatic heterocycles. The molecule has 80 valence electrons. The Balaban J connectivity index is 1.84. The zero-order valence-corrected chi connectivity index (χ0v) is 8.83. The predicted molar refractivity (Wildman–Crippen MR) is 55.6 cm³/mol. The Labute approximate surface area is 85.4 Å². The van der Waals surface area contributed by atoms with Crippen LogP contribution in [0.5, 0.6) is 0 Å². The van der Waals surface area contributed by atoms with Gasteiger partial charge in [0, 0.05) is 6.04 Å². The minimum atomic E-state index is -0.311. The van der Waals surface area contributed by atoms with Crippen molar-refractivity contribution in [3.05, 3.63) is 0 Å². The first-order valence-corrected chi connectivity index (χ1v) is 5.76.